The maximum absolute atomic E-state index is 13.2. The second-order valence-corrected chi connectivity index (χ2v) is 7.50. The van der Waals surface area contributed by atoms with E-state index in [2.05, 4.69) is 9.64 Å². The molecule has 2 aromatic carbocycles. The van der Waals surface area contributed by atoms with Crippen molar-refractivity contribution in [3.05, 3.63) is 48.5 Å². The third kappa shape index (κ3) is 3.83. The lowest BCUT2D eigenvalue weighted by Gasteiger charge is -2.39. The molecule has 2 aromatic rings. The van der Waals surface area contributed by atoms with Crippen LogP contribution in [-0.2, 0) is 4.79 Å². The molecule has 2 heterocycles. The standard InChI is InChI=1S/C21H21F3N2O3/c22-21(23,24)29-16-7-5-15(6-8-16)26-14-11-20(19(26)28)9-12-25(13-10-20)17-3-1-2-4-18(17)27/h1-8,27H,9-14H2. The number of halogens is 3. The van der Waals surface area contributed by atoms with Gasteiger partial charge in [-0.2, -0.15) is 0 Å². The van der Waals surface area contributed by atoms with Gasteiger partial charge in [-0.15, -0.1) is 13.2 Å². The Morgan fingerprint density at radius 3 is 2.17 bits per heavy atom. The van der Waals surface area contributed by atoms with Crippen LogP contribution >= 0.6 is 0 Å². The minimum atomic E-state index is -4.74. The van der Waals surface area contributed by atoms with Crippen molar-refractivity contribution in [3.8, 4) is 11.5 Å². The Hall–Kier alpha value is -2.90. The van der Waals surface area contributed by atoms with Crippen molar-refractivity contribution < 1.29 is 27.8 Å². The Labute approximate surface area is 166 Å². The molecule has 2 aliphatic heterocycles. The molecule has 1 amide bonds. The summed E-state index contributed by atoms with van der Waals surface area (Å²) in [5.41, 5.74) is 0.886. The average Bonchev–Trinajstić information content (AvgIpc) is 2.99. The Morgan fingerprint density at radius 1 is 0.931 bits per heavy atom. The smallest absolute Gasteiger partial charge is 0.506 e. The first kappa shape index (κ1) is 19.4. The number of hydrogen-bond acceptors (Lipinski definition) is 4. The summed E-state index contributed by atoms with van der Waals surface area (Å²) in [6.45, 7) is 1.86. The van der Waals surface area contributed by atoms with Crippen LogP contribution in [0.4, 0.5) is 24.5 Å². The molecule has 0 atom stereocenters. The number of rotatable bonds is 3. The highest BCUT2D eigenvalue weighted by Gasteiger charge is 2.48. The number of nitrogens with zero attached hydrogens (tertiary/aromatic N) is 2. The zero-order valence-electron chi connectivity index (χ0n) is 15.7. The van der Waals surface area contributed by atoms with Crippen molar-refractivity contribution >= 4 is 17.3 Å². The molecular formula is C21H21F3N2O3. The molecule has 0 aliphatic carbocycles. The van der Waals surface area contributed by atoms with Crippen LogP contribution in [0.25, 0.3) is 0 Å². The molecule has 0 aromatic heterocycles. The molecule has 0 saturated carbocycles. The molecule has 0 radical (unpaired) electrons. The molecule has 2 fully saturated rings. The summed E-state index contributed by atoms with van der Waals surface area (Å²) in [5.74, 6) is -0.0681. The molecule has 0 bridgehead atoms. The van der Waals surface area contributed by atoms with E-state index in [1.165, 1.54) is 24.3 Å². The van der Waals surface area contributed by atoms with Gasteiger partial charge in [-0.25, -0.2) is 0 Å². The summed E-state index contributed by atoms with van der Waals surface area (Å²) in [4.78, 5) is 16.9. The molecule has 154 valence electrons. The highest BCUT2D eigenvalue weighted by molar-refractivity contribution is 6.00. The summed E-state index contributed by atoms with van der Waals surface area (Å²) in [5, 5.41) is 10.1. The molecule has 2 aliphatic rings. The van der Waals surface area contributed by atoms with Crippen LogP contribution < -0.4 is 14.5 Å². The van der Waals surface area contributed by atoms with Gasteiger partial charge in [0.2, 0.25) is 5.91 Å². The van der Waals surface area contributed by atoms with Crippen LogP contribution in [0.3, 0.4) is 0 Å². The summed E-state index contributed by atoms with van der Waals surface area (Å²) < 4.78 is 40.8. The van der Waals surface area contributed by atoms with Crippen LogP contribution in [0.2, 0.25) is 0 Å². The third-order valence-corrected chi connectivity index (χ3v) is 5.84. The molecular weight excluding hydrogens is 385 g/mol. The largest absolute Gasteiger partial charge is 0.573 e. The average molecular weight is 406 g/mol. The predicted molar refractivity (Wildman–Crippen MR) is 102 cm³/mol. The Balaban J connectivity index is 1.43. The third-order valence-electron chi connectivity index (χ3n) is 5.84. The van der Waals surface area contributed by atoms with Crippen molar-refractivity contribution in [2.24, 2.45) is 5.41 Å². The molecule has 4 rings (SSSR count). The molecule has 2 saturated heterocycles. The summed E-state index contributed by atoms with van der Waals surface area (Å²) in [6, 6.07) is 12.6. The number of benzene rings is 2. The van der Waals surface area contributed by atoms with Crippen molar-refractivity contribution in [2.75, 3.05) is 29.4 Å². The van der Waals surface area contributed by atoms with Crippen molar-refractivity contribution in [2.45, 2.75) is 25.6 Å². The van der Waals surface area contributed by atoms with Gasteiger partial charge in [-0.05, 0) is 55.7 Å². The van der Waals surface area contributed by atoms with E-state index < -0.39 is 11.8 Å². The van der Waals surface area contributed by atoms with E-state index in [4.69, 9.17) is 0 Å². The second-order valence-electron chi connectivity index (χ2n) is 7.50. The number of phenols is 1. The molecule has 5 nitrogen and oxygen atoms in total. The summed E-state index contributed by atoms with van der Waals surface area (Å²) in [6.07, 6.45) is -2.69. The van der Waals surface area contributed by atoms with Gasteiger partial charge >= 0.3 is 6.36 Å². The van der Waals surface area contributed by atoms with E-state index in [1.807, 2.05) is 12.1 Å². The van der Waals surface area contributed by atoms with Crippen molar-refractivity contribution in [3.63, 3.8) is 0 Å². The highest BCUT2D eigenvalue weighted by atomic mass is 19.4. The number of para-hydroxylation sites is 2. The predicted octanol–water partition coefficient (Wildman–Crippen LogP) is 4.31. The first-order valence-corrected chi connectivity index (χ1v) is 9.48. The van der Waals surface area contributed by atoms with Gasteiger partial charge in [0, 0.05) is 25.3 Å². The minimum Gasteiger partial charge on any atom is -0.506 e. The number of piperidine rings is 1. The van der Waals surface area contributed by atoms with Gasteiger partial charge < -0.3 is 19.6 Å². The maximum atomic E-state index is 13.2. The Bertz CT molecular complexity index is 891. The molecule has 29 heavy (non-hydrogen) atoms. The number of amides is 1. The quantitative estimate of drug-likeness (QED) is 0.825. The van der Waals surface area contributed by atoms with Crippen LogP contribution in [0.15, 0.2) is 48.5 Å². The molecule has 1 spiro atoms. The zero-order valence-corrected chi connectivity index (χ0v) is 15.7. The van der Waals surface area contributed by atoms with Crippen LogP contribution in [0.5, 0.6) is 11.5 Å². The number of phenolic OH excluding ortho intramolecular Hbond substituents is 1. The summed E-state index contributed by atoms with van der Waals surface area (Å²) in [7, 11) is 0. The van der Waals surface area contributed by atoms with Gasteiger partial charge in [-0.1, -0.05) is 12.1 Å². The van der Waals surface area contributed by atoms with E-state index in [0.717, 1.165) is 5.69 Å². The van der Waals surface area contributed by atoms with Crippen molar-refractivity contribution in [1.82, 2.24) is 0 Å². The monoisotopic (exact) mass is 406 g/mol. The SMILES string of the molecule is O=C1N(c2ccc(OC(F)(F)F)cc2)CCC12CCN(c1ccccc1O)CC2. The van der Waals surface area contributed by atoms with Gasteiger partial charge in [0.05, 0.1) is 11.1 Å². The van der Waals surface area contributed by atoms with Crippen molar-refractivity contribution in [1.29, 1.82) is 0 Å². The topological polar surface area (TPSA) is 53.0 Å². The van der Waals surface area contributed by atoms with Gasteiger partial charge in [0.25, 0.3) is 0 Å². The first-order valence-electron chi connectivity index (χ1n) is 9.48. The fraction of sp³-hybridized carbons (Fsp3) is 0.381. The van der Waals surface area contributed by atoms with Crippen LogP contribution in [0, 0.1) is 5.41 Å². The molecule has 8 heteroatoms. The van der Waals surface area contributed by atoms with Gasteiger partial charge in [0.15, 0.2) is 0 Å². The van der Waals surface area contributed by atoms with E-state index in [9.17, 15) is 23.1 Å². The summed E-state index contributed by atoms with van der Waals surface area (Å²) >= 11 is 0. The number of aromatic hydroxyl groups is 1. The number of ether oxygens (including phenoxy) is 1. The fourth-order valence-electron chi connectivity index (χ4n) is 4.27. The zero-order chi connectivity index (χ0) is 20.6. The molecule has 1 N–H and O–H groups in total. The van der Waals surface area contributed by atoms with E-state index in [1.54, 1.807) is 17.0 Å². The van der Waals surface area contributed by atoms with E-state index in [-0.39, 0.29) is 17.4 Å². The Morgan fingerprint density at radius 2 is 1.55 bits per heavy atom. The fourth-order valence-corrected chi connectivity index (χ4v) is 4.27. The van der Waals surface area contributed by atoms with E-state index >= 15 is 0 Å². The van der Waals surface area contributed by atoms with Gasteiger partial charge in [0.1, 0.15) is 11.5 Å². The minimum absolute atomic E-state index is 0.0129. The number of anilines is 2. The second kappa shape index (κ2) is 7.17. The lowest BCUT2D eigenvalue weighted by molar-refractivity contribution is -0.274. The Kier molecular flexibility index (Phi) is 4.80. The van der Waals surface area contributed by atoms with Crippen LogP contribution in [0.1, 0.15) is 19.3 Å². The highest BCUT2D eigenvalue weighted by Crippen LogP contribution is 2.44. The first-order chi connectivity index (χ1) is 13.8. The maximum Gasteiger partial charge on any atom is 0.573 e. The van der Waals surface area contributed by atoms with E-state index in [0.29, 0.717) is 44.6 Å². The number of carbonyl (C=O) groups excluding carboxylic acids is 1. The lowest BCUT2D eigenvalue weighted by atomic mass is 9.77. The molecule has 0 unspecified atom stereocenters. The van der Waals surface area contributed by atoms with Crippen LogP contribution in [-0.4, -0.2) is 37.0 Å². The number of alkyl halides is 3. The number of hydrogen-bond donors (Lipinski definition) is 1. The lowest BCUT2D eigenvalue weighted by Crippen LogP contribution is -2.44. The van der Waals surface area contributed by atoms with Gasteiger partial charge in [-0.3, -0.25) is 4.79 Å². The normalized spacial score (nSPS) is 19.1. The number of carbonyl (C=O) groups is 1.